The number of nitrogens with one attached hydrogen (secondary N) is 2. The highest BCUT2D eigenvalue weighted by atomic mass is 16.2. The number of carbonyl (C=O) groups is 3. The van der Waals surface area contributed by atoms with Crippen LogP contribution in [-0.4, -0.2) is 41.2 Å². The summed E-state index contributed by atoms with van der Waals surface area (Å²) in [6, 6.07) is 5.40. The van der Waals surface area contributed by atoms with Gasteiger partial charge in [0.15, 0.2) is 0 Å². The van der Waals surface area contributed by atoms with Gasteiger partial charge in [-0.1, -0.05) is 12.1 Å². The fraction of sp³-hybridized carbons (Fsp3) is 0.500. The molecule has 2 atom stereocenters. The highest BCUT2D eigenvalue weighted by molar-refractivity contribution is 6.05. The van der Waals surface area contributed by atoms with E-state index in [1.807, 2.05) is 12.1 Å². The Bertz CT molecular complexity index is 704. The van der Waals surface area contributed by atoms with Crippen molar-refractivity contribution in [3.63, 3.8) is 0 Å². The first-order chi connectivity index (χ1) is 12.0. The molecule has 1 aromatic rings. The quantitative estimate of drug-likeness (QED) is 0.643. The smallest absolute Gasteiger partial charge is 0.255 e. The van der Waals surface area contributed by atoms with Crippen molar-refractivity contribution in [3.05, 3.63) is 34.9 Å². The standard InChI is InChI=1S/C18H24N4O3/c1-11(7-8-19)20-9-12-3-2-4-13-14(12)10-22(18(13)25)15-5-6-16(23)21-17(15)24/h2-4,11,15,20H,5-10,19H2,1H3,(H,21,23,24). The van der Waals surface area contributed by atoms with Crippen LogP contribution in [-0.2, 0) is 22.7 Å². The number of piperidine rings is 1. The monoisotopic (exact) mass is 344 g/mol. The molecule has 2 aliphatic rings. The van der Waals surface area contributed by atoms with Gasteiger partial charge in [0.05, 0.1) is 0 Å². The van der Waals surface area contributed by atoms with Crippen LogP contribution in [0.1, 0.15) is 47.7 Å². The molecule has 7 heteroatoms. The lowest BCUT2D eigenvalue weighted by atomic mass is 10.0. The molecule has 0 saturated carbocycles. The van der Waals surface area contributed by atoms with Crippen LogP contribution in [0.5, 0.6) is 0 Å². The maximum absolute atomic E-state index is 12.7. The van der Waals surface area contributed by atoms with Gasteiger partial charge in [0.25, 0.3) is 5.91 Å². The maximum Gasteiger partial charge on any atom is 0.255 e. The molecule has 4 N–H and O–H groups in total. The first-order valence-electron chi connectivity index (χ1n) is 8.70. The highest BCUT2D eigenvalue weighted by Gasteiger charge is 2.39. The van der Waals surface area contributed by atoms with Crippen molar-refractivity contribution in [2.45, 2.75) is 51.4 Å². The zero-order chi connectivity index (χ0) is 18.0. The van der Waals surface area contributed by atoms with E-state index in [9.17, 15) is 14.4 Å². The van der Waals surface area contributed by atoms with E-state index >= 15 is 0 Å². The van der Waals surface area contributed by atoms with Crippen molar-refractivity contribution in [1.29, 1.82) is 0 Å². The molecule has 1 fully saturated rings. The van der Waals surface area contributed by atoms with Crippen molar-refractivity contribution >= 4 is 17.7 Å². The van der Waals surface area contributed by atoms with Gasteiger partial charge in [-0.3, -0.25) is 19.7 Å². The summed E-state index contributed by atoms with van der Waals surface area (Å²) in [6.45, 7) is 3.77. The highest BCUT2D eigenvalue weighted by Crippen LogP contribution is 2.29. The predicted octanol–water partition coefficient (Wildman–Crippen LogP) is 0.275. The van der Waals surface area contributed by atoms with Crippen LogP contribution in [0.15, 0.2) is 18.2 Å². The Labute approximate surface area is 146 Å². The van der Waals surface area contributed by atoms with E-state index in [4.69, 9.17) is 5.73 Å². The average Bonchev–Trinajstić information content (AvgIpc) is 2.91. The summed E-state index contributed by atoms with van der Waals surface area (Å²) in [4.78, 5) is 37.8. The van der Waals surface area contributed by atoms with Crippen LogP contribution in [0.3, 0.4) is 0 Å². The molecule has 0 aromatic heterocycles. The number of hydrogen-bond donors (Lipinski definition) is 3. The van der Waals surface area contributed by atoms with Crippen LogP contribution < -0.4 is 16.4 Å². The molecule has 25 heavy (non-hydrogen) atoms. The van der Waals surface area contributed by atoms with Gasteiger partial charge in [0.1, 0.15) is 6.04 Å². The lowest BCUT2D eigenvalue weighted by Gasteiger charge is -2.29. The van der Waals surface area contributed by atoms with Crippen LogP contribution in [0, 0.1) is 0 Å². The molecule has 134 valence electrons. The van der Waals surface area contributed by atoms with E-state index in [1.54, 1.807) is 11.0 Å². The van der Waals surface area contributed by atoms with Crippen LogP contribution in [0.2, 0.25) is 0 Å². The molecule has 2 unspecified atom stereocenters. The molecular weight excluding hydrogens is 320 g/mol. The Morgan fingerprint density at radius 3 is 2.88 bits per heavy atom. The zero-order valence-corrected chi connectivity index (χ0v) is 14.4. The summed E-state index contributed by atoms with van der Waals surface area (Å²) < 4.78 is 0. The van der Waals surface area contributed by atoms with Gasteiger partial charge in [-0.15, -0.1) is 0 Å². The van der Waals surface area contributed by atoms with Gasteiger partial charge in [-0.2, -0.15) is 0 Å². The number of carbonyl (C=O) groups excluding carboxylic acids is 3. The second kappa shape index (κ2) is 7.33. The van der Waals surface area contributed by atoms with Crippen molar-refractivity contribution in [2.75, 3.05) is 6.54 Å². The van der Waals surface area contributed by atoms with Crippen LogP contribution >= 0.6 is 0 Å². The minimum Gasteiger partial charge on any atom is -0.330 e. The molecule has 0 aliphatic carbocycles. The predicted molar refractivity (Wildman–Crippen MR) is 92.5 cm³/mol. The van der Waals surface area contributed by atoms with E-state index in [-0.39, 0.29) is 24.1 Å². The Hall–Kier alpha value is -2.25. The number of benzene rings is 1. The molecule has 3 rings (SSSR count). The van der Waals surface area contributed by atoms with Crippen molar-refractivity contribution < 1.29 is 14.4 Å². The number of rotatable bonds is 6. The molecule has 1 saturated heterocycles. The van der Waals surface area contributed by atoms with E-state index in [0.29, 0.717) is 37.7 Å². The summed E-state index contributed by atoms with van der Waals surface area (Å²) in [6.07, 6.45) is 1.53. The maximum atomic E-state index is 12.7. The molecule has 0 radical (unpaired) electrons. The van der Waals surface area contributed by atoms with Crippen molar-refractivity contribution in [2.24, 2.45) is 5.73 Å². The molecule has 0 bridgehead atoms. The van der Waals surface area contributed by atoms with Crippen molar-refractivity contribution in [1.82, 2.24) is 15.5 Å². The summed E-state index contributed by atoms with van der Waals surface area (Å²) >= 11 is 0. The number of nitrogens with two attached hydrogens (primary N) is 1. The zero-order valence-electron chi connectivity index (χ0n) is 14.4. The van der Waals surface area contributed by atoms with Crippen molar-refractivity contribution in [3.8, 4) is 0 Å². The fourth-order valence-electron chi connectivity index (χ4n) is 3.45. The van der Waals surface area contributed by atoms with E-state index in [1.165, 1.54) is 0 Å². The average molecular weight is 344 g/mol. The van der Waals surface area contributed by atoms with Crippen LogP contribution in [0.4, 0.5) is 0 Å². The third-order valence-corrected chi connectivity index (χ3v) is 4.92. The number of nitrogens with zero attached hydrogens (tertiary/aromatic N) is 1. The minimum absolute atomic E-state index is 0.138. The number of amides is 3. The van der Waals surface area contributed by atoms with Gasteiger partial charge in [-0.25, -0.2) is 0 Å². The summed E-state index contributed by atoms with van der Waals surface area (Å²) in [5.74, 6) is -0.792. The Morgan fingerprint density at radius 2 is 2.16 bits per heavy atom. The summed E-state index contributed by atoms with van der Waals surface area (Å²) in [7, 11) is 0. The number of fused-ring (bicyclic) bond motifs is 1. The fourth-order valence-corrected chi connectivity index (χ4v) is 3.45. The van der Waals surface area contributed by atoms with Gasteiger partial charge >= 0.3 is 0 Å². The molecule has 1 aromatic carbocycles. The van der Waals surface area contributed by atoms with Gasteiger partial charge in [0, 0.05) is 31.1 Å². The van der Waals surface area contributed by atoms with Gasteiger partial charge in [0.2, 0.25) is 11.8 Å². The largest absolute Gasteiger partial charge is 0.330 e. The van der Waals surface area contributed by atoms with Crippen LogP contribution in [0.25, 0.3) is 0 Å². The van der Waals surface area contributed by atoms with Gasteiger partial charge in [-0.05, 0) is 43.5 Å². The van der Waals surface area contributed by atoms with Gasteiger partial charge < -0.3 is 16.0 Å². The summed E-state index contributed by atoms with van der Waals surface area (Å²) in [5.41, 5.74) is 8.25. The Morgan fingerprint density at radius 1 is 1.36 bits per heavy atom. The molecule has 2 heterocycles. The molecule has 2 aliphatic heterocycles. The lowest BCUT2D eigenvalue weighted by Crippen LogP contribution is -2.52. The Balaban J connectivity index is 1.75. The molecule has 7 nitrogen and oxygen atoms in total. The first-order valence-corrected chi connectivity index (χ1v) is 8.70. The first kappa shape index (κ1) is 17.6. The SMILES string of the molecule is CC(CCN)NCc1cccc2c1CN(C1CCC(=O)NC1=O)C2=O. The minimum atomic E-state index is -0.574. The summed E-state index contributed by atoms with van der Waals surface area (Å²) in [5, 5.41) is 5.75. The molecule has 3 amide bonds. The number of imide groups is 1. The Kier molecular flexibility index (Phi) is 5.15. The molecule has 0 spiro atoms. The number of hydrogen-bond acceptors (Lipinski definition) is 5. The third-order valence-electron chi connectivity index (χ3n) is 4.92. The lowest BCUT2D eigenvalue weighted by molar-refractivity contribution is -0.136. The second-order valence-corrected chi connectivity index (χ2v) is 6.70. The normalized spacial score (nSPS) is 21.3. The second-order valence-electron chi connectivity index (χ2n) is 6.70. The third kappa shape index (κ3) is 3.57. The van der Waals surface area contributed by atoms with E-state index < -0.39 is 6.04 Å². The topological polar surface area (TPSA) is 105 Å². The van der Waals surface area contributed by atoms with E-state index in [2.05, 4.69) is 17.6 Å². The van der Waals surface area contributed by atoms with E-state index in [0.717, 1.165) is 17.5 Å². The molecular formula is C18H24N4O3.